The molecule has 0 aliphatic heterocycles. The van der Waals surface area contributed by atoms with E-state index in [0.717, 1.165) is 17.8 Å². The van der Waals surface area contributed by atoms with Crippen LogP contribution in [0.2, 0.25) is 0 Å². The summed E-state index contributed by atoms with van der Waals surface area (Å²) in [6.07, 6.45) is 8.78. The number of ether oxygens (including phenoxy) is 2. The number of allylic oxidation sites excluding steroid dienone is 4. The van der Waals surface area contributed by atoms with Crippen molar-refractivity contribution in [3.63, 3.8) is 0 Å². The van der Waals surface area contributed by atoms with Crippen LogP contribution in [0.4, 0.5) is 0 Å². The predicted octanol–water partition coefficient (Wildman–Crippen LogP) is 6.35. The zero-order valence-corrected chi connectivity index (χ0v) is 17.6. The summed E-state index contributed by atoms with van der Waals surface area (Å²) in [5, 5.41) is 0. The summed E-state index contributed by atoms with van der Waals surface area (Å²) in [6, 6.07) is 0. The molecule has 0 aliphatic rings. The summed E-state index contributed by atoms with van der Waals surface area (Å²) in [5.41, 5.74) is 0.932. The van der Waals surface area contributed by atoms with Gasteiger partial charge in [0.1, 0.15) is 5.76 Å². The minimum absolute atomic E-state index is 0.0816. The summed E-state index contributed by atoms with van der Waals surface area (Å²) in [4.78, 5) is 0. The number of methoxy groups -OCH3 is 1. The van der Waals surface area contributed by atoms with Crippen LogP contribution in [0.1, 0.15) is 68.2 Å². The lowest BCUT2D eigenvalue weighted by Gasteiger charge is -2.36. The highest BCUT2D eigenvalue weighted by molar-refractivity contribution is 7.81. The van der Waals surface area contributed by atoms with Crippen LogP contribution in [-0.4, -0.2) is 23.6 Å². The number of hydrogen-bond acceptors (Lipinski definition) is 3. The molecule has 3 heteroatoms. The molecule has 0 N–H and O–H groups in total. The third-order valence-electron chi connectivity index (χ3n) is 3.74. The van der Waals surface area contributed by atoms with Crippen LogP contribution in [0.5, 0.6) is 0 Å². The van der Waals surface area contributed by atoms with Crippen molar-refractivity contribution in [2.24, 2.45) is 0 Å². The fourth-order valence-electron chi connectivity index (χ4n) is 1.20. The van der Waals surface area contributed by atoms with Gasteiger partial charge in [0.25, 0.3) is 0 Å². The molecule has 0 atom stereocenters. The van der Waals surface area contributed by atoms with Gasteiger partial charge in [-0.15, -0.1) is 0 Å². The highest BCUT2D eigenvalue weighted by atomic mass is 32.1. The molecular weight excluding hydrogens is 304 g/mol. The fraction of sp³-hybridized carbons (Fsp3) is 0.700. The molecule has 0 saturated carbocycles. The first-order valence-corrected chi connectivity index (χ1v) is 8.80. The van der Waals surface area contributed by atoms with Crippen molar-refractivity contribution in [1.29, 1.82) is 0 Å². The molecule has 0 aromatic heterocycles. The summed E-state index contributed by atoms with van der Waals surface area (Å²) in [7, 11) is 1.71. The second-order valence-corrected chi connectivity index (χ2v) is 8.05. The van der Waals surface area contributed by atoms with Gasteiger partial charge in [-0.2, -0.15) is 12.6 Å². The summed E-state index contributed by atoms with van der Waals surface area (Å²) in [5.74, 6) is 0.765. The maximum absolute atomic E-state index is 5.47. The standard InChI is InChI=1S/C13H22O.C7H16OS/c1-6-7-8-9-10-12(4)13(5)14-11(2)3;1-6(2,8-5)7(3,4)9/h8-11H,5-7H2,1-4H3;9H,1-5H3/b9-8-,12-10-;. The van der Waals surface area contributed by atoms with Gasteiger partial charge in [0.2, 0.25) is 0 Å². The van der Waals surface area contributed by atoms with Crippen molar-refractivity contribution in [3.8, 4) is 0 Å². The van der Waals surface area contributed by atoms with E-state index in [0.29, 0.717) is 0 Å². The van der Waals surface area contributed by atoms with Gasteiger partial charge in [0.15, 0.2) is 0 Å². The highest BCUT2D eigenvalue weighted by Gasteiger charge is 2.33. The Kier molecular flexibility index (Phi) is 12.6. The van der Waals surface area contributed by atoms with E-state index in [9.17, 15) is 0 Å². The molecule has 0 aliphatic carbocycles. The first-order chi connectivity index (χ1) is 10.4. The summed E-state index contributed by atoms with van der Waals surface area (Å²) >= 11 is 4.39. The van der Waals surface area contributed by atoms with Crippen LogP contribution >= 0.6 is 12.6 Å². The molecule has 0 aromatic rings. The average molecular weight is 343 g/mol. The predicted molar refractivity (Wildman–Crippen MR) is 107 cm³/mol. The lowest BCUT2D eigenvalue weighted by Crippen LogP contribution is -2.42. The second kappa shape index (κ2) is 11.8. The first-order valence-electron chi connectivity index (χ1n) is 8.35. The molecule has 0 aromatic carbocycles. The van der Waals surface area contributed by atoms with Crippen LogP contribution < -0.4 is 0 Å². The Balaban J connectivity index is 0. The number of unbranched alkanes of at least 4 members (excludes halogenated alkanes) is 1. The van der Waals surface area contributed by atoms with Gasteiger partial charge in [0.05, 0.1) is 11.7 Å². The van der Waals surface area contributed by atoms with E-state index in [4.69, 9.17) is 9.47 Å². The van der Waals surface area contributed by atoms with Crippen LogP contribution in [0, 0.1) is 0 Å². The Morgan fingerprint density at radius 3 is 2.04 bits per heavy atom. The summed E-state index contributed by atoms with van der Waals surface area (Å²) < 4.78 is 10.6. The molecule has 0 unspecified atom stereocenters. The SMILES string of the molecule is C=C(OC(C)C)/C(C)=C\C=C/CCC.COC(C)(C)C(C)(C)S. The lowest BCUT2D eigenvalue weighted by molar-refractivity contribution is -0.00128. The van der Waals surface area contributed by atoms with Crippen molar-refractivity contribution < 1.29 is 9.47 Å². The molecule has 0 bridgehead atoms. The smallest absolute Gasteiger partial charge is 0.115 e. The van der Waals surface area contributed by atoms with Crippen molar-refractivity contribution >= 4 is 12.6 Å². The van der Waals surface area contributed by atoms with Crippen LogP contribution in [0.25, 0.3) is 0 Å². The van der Waals surface area contributed by atoms with E-state index in [-0.39, 0.29) is 16.5 Å². The molecule has 0 radical (unpaired) electrons. The highest BCUT2D eigenvalue weighted by Crippen LogP contribution is 2.29. The molecule has 23 heavy (non-hydrogen) atoms. The van der Waals surface area contributed by atoms with Gasteiger partial charge in [-0.05, 0) is 60.5 Å². The molecule has 0 fully saturated rings. The molecule has 0 spiro atoms. The molecule has 0 rings (SSSR count). The van der Waals surface area contributed by atoms with Crippen molar-refractivity contribution in [1.82, 2.24) is 0 Å². The Morgan fingerprint density at radius 2 is 1.74 bits per heavy atom. The van der Waals surface area contributed by atoms with Crippen LogP contribution in [-0.2, 0) is 9.47 Å². The second-order valence-electron chi connectivity index (χ2n) is 6.93. The number of hydrogen-bond donors (Lipinski definition) is 1. The zero-order valence-electron chi connectivity index (χ0n) is 16.7. The Labute approximate surface area is 150 Å². The van der Waals surface area contributed by atoms with E-state index < -0.39 is 0 Å². The quantitative estimate of drug-likeness (QED) is 0.315. The molecule has 0 saturated heterocycles. The lowest BCUT2D eigenvalue weighted by atomic mass is 9.93. The normalized spacial score (nSPS) is 13.1. The Hall–Kier alpha value is -0.670. The van der Waals surface area contributed by atoms with E-state index in [1.807, 2.05) is 54.5 Å². The monoisotopic (exact) mass is 342 g/mol. The maximum Gasteiger partial charge on any atom is 0.115 e. The molecule has 136 valence electrons. The van der Waals surface area contributed by atoms with E-state index in [1.54, 1.807) is 7.11 Å². The van der Waals surface area contributed by atoms with Crippen molar-refractivity contribution in [3.05, 3.63) is 36.1 Å². The van der Waals surface area contributed by atoms with Crippen molar-refractivity contribution in [2.45, 2.75) is 84.7 Å². The molecule has 0 heterocycles. The van der Waals surface area contributed by atoms with E-state index in [2.05, 4.69) is 38.3 Å². The van der Waals surface area contributed by atoms with Crippen molar-refractivity contribution in [2.75, 3.05) is 7.11 Å². The summed E-state index contributed by atoms with van der Waals surface area (Å²) in [6.45, 7) is 20.2. The largest absolute Gasteiger partial charge is 0.491 e. The van der Waals surface area contributed by atoms with Gasteiger partial charge in [0, 0.05) is 11.9 Å². The minimum atomic E-state index is -0.157. The topological polar surface area (TPSA) is 18.5 Å². The van der Waals surface area contributed by atoms with Crippen LogP contribution in [0.15, 0.2) is 36.1 Å². The molecular formula is C20H38O2S. The Morgan fingerprint density at radius 1 is 1.22 bits per heavy atom. The number of rotatable bonds is 8. The van der Waals surface area contributed by atoms with E-state index >= 15 is 0 Å². The number of thiol groups is 1. The van der Waals surface area contributed by atoms with Crippen LogP contribution in [0.3, 0.4) is 0 Å². The molecule has 2 nitrogen and oxygen atoms in total. The molecule has 0 amide bonds. The fourth-order valence-corrected chi connectivity index (χ4v) is 1.29. The minimum Gasteiger partial charge on any atom is -0.491 e. The zero-order chi connectivity index (χ0) is 18.7. The van der Waals surface area contributed by atoms with Gasteiger partial charge >= 0.3 is 0 Å². The third-order valence-corrected chi connectivity index (χ3v) is 4.28. The van der Waals surface area contributed by atoms with Gasteiger partial charge < -0.3 is 9.47 Å². The third kappa shape index (κ3) is 12.4. The van der Waals surface area contributed by atoms with Gasteiger partial charge in [-0.3, -0.25) is 0 Å². The first kappa shape index (κ1) is 24.6. The van der Waals surface area contributed by atoms with Gasteiger partial charge in [-0.1, -0.05) is 38.2 Å². The average Bonchev–Trinajstić information content (AvgIpc) is 2.42. The van der Waals surface area contributed by atoms with E-state index in [1.165, 1.54) is 6.42 Å². The van der Waals surface area contributed by atoms with Gasteiger partial charge in [-0.25, -0.2) is 0 Å². The maximum atomic E-state index is 5.47. The Bertz CT molecular complexity index is 385.